The van der Waals surface area contributed by atoms with Crippen LogP contribution in [-0.2, 0) is 6.54 Å². The number of thiazole rings is 1. The lowest BCUT2D eigenvalue weighted by Gasteiger charge is -1.91. The van der Waals surface area contributed by atoms with E-state index in [-0.39, 0.29) is 0 Å². The third-order valence-electron chi connectivity index (χ3n) is 2.20. The first-order valence-electron chi connectivity index (χ1n) is 4.24. The summed E-state index contributed by atoms with van der Waals surface area (Å²) in [4.78, 5) is 0. The summed E-state index contributed by atoms with van der Waals surface area (Å²) < 4.78 is 7.61. The predicted molar refractivity (Wildman–Crippen MR) is 50.7 cm³/mol. The third-order valence-corrected chi connectivity index (χ3v) is 3.13. The number of nitrogens with zero attached hydrogens (tertiary/aromatic N) is 1. The summed E-state index contributed by atoms with van der Waals surface area (Å²) in [5.41, 5.74) is 1.18. The van der Waals surface area contributed by atoms with Gasteiger partial charge in [0.25, 0.3) is 0 Å². The van der Waals surface area contributed by atoms with E-state index in [2.05, 4.69) is 15.3 Å². The maximum Gasteiger partial charge on any atom is 0.334 e. The molecule has 0 aromatic carbocycles. The zero-order chi connectivity index (χ0) is 8.67. The Bertz CT molecular complexity index is 419. The normalized spacial score (nSPS) is 14.2. The molecule has 3 nitrogen and oxygen atoms in total. The molecule has 0 unspecified atom stereocenters. The smallest absolute Gasteiger partial charge is 0.334 e. The summed E-state index contributed by atoms with van der Waals surface area (Å²) in [5.74, 6) is 0.950. The number of hydrogen-bond acceptors (Lipinski definition) is 3. The van der Waals surface area contributed by atoms with Gasteiger partial charge in [-0.05, 0) is 12.1 Å². The monoisotopic (exact) mass is 193 g/mol. The van der Waals surface area contributed by atoms with Gasteiger partial charge in [0, 0.05) is 5.38 Å². The van der Waals surface area contributed by atoms with Gasteiger partial charge in [-0.15, -0.1) is 0 Å². The van der Waals surface area contributed by atoms with Crippen LogP contribution < -0.4 is 9.88 Å². The standard InChI is InChI=1S/C9H8N2OS/c1-2-8(12-5-1)7-6-13-9-10-3-4-11(7)9/h1-2,5-6H,3-4H2/p+1. The summed E-state index contributed by atoms with van der Waals surface area (Å²) >= 11 is 1.73. The van der Waals surface area contributed by atoms with Crippen LogP contribution in [0.4, 0.5) is 5.13 Å². The van der Waals surface area contributed by atoms with Crippen molar-refractivity contribution in [2.24, 2.45) is 0 Å². The minimum atomic E-state index is 0.950. The topological polar surface area (TPSA) is 29.0 Å². The van der Waals surface area contributed by atoms with Crippen LogP contribution in [0, 0.1) is 0 Å². The van der Waals surface area contributed by atoms with Crippen LogP contribution in [0.5, 0.6) is 0 Å². The van der Waals surface area contributed by atoms with E-state index in [0.717, 1.165) is 18.8 Å². The van der Waals surface area contributed by atoms with E-state index in [1.165, 1.54) is 10.8 Å². The highest BCUT2D eigenvalue weighted by molar-refractivity contribution is 7.13. The molecule has 0 saturated carbocycles. The molecule has 0 spiro atoms. The second-order valence-corrected chi connectivity index (χ2v) is 3.84. The average molecular weight is 193 g/mol. The lowest BCUT2D eigenvalue weighted by molar-refractivity contribution is -0.656. The van der Waals surface area contributed by atoms with Gasteiger partial charge in [0.2, 0.25) is 0 Å². The molecule has 0 aliphatic carbocycles. The molecule has 1 aliphatic rings. The van der Waals surface area contributed by atoms with Crippen molar-refractivity contribution in [3.8, 4) is 11.5 Å². The van der Waals surface area contributed by atoms with Crippen molar-refractivity contribution >= 4 is 16.5 Å². The first-order chi connectivity index (χ1) is 6.45. The Balaban J connectivity index is 2.16. The Labute approximate surface area is 79.6 Å². The average Bonchev–Trinajstić information content (AvgIpc) is 2.79. The SMILES string of the molecule is c1coc(-c2csc3[n+]2CCN3)c1. The van der Waals surface area contributed by atoms with Gasteiger partial charge >= 0.3 is 5.13 Å². The lowest BCUT2D eigenvalue weighted by atomic mass is 10.3. The van der Waals surface area contributed by atoms with Crippen molar-refractivity contribution in [2.75, 3.05) is 11.9 Å². The highest BCUT2D eigenvalue weighted by Crippen LogP contribution is 2.24. The quantitative estimate of drug-likeness (QED) is 0.699. The number of anilines is 1. The molecule has 0 atom stereocenters. The molecule has 66 valence electrons. The van der Waals surface area contributed by atoms with Crippen LogP contribution in [0.2, 0.25) is 0 Å². The molecule has 4 heteroatoms. The van der Waals surface area contributed by atoms with E-state index in [0.29, 0.717) is 0 Å². The molecule has 1 aliphatic heterocycles. The molecule has 2 aromatic rings. The molecule has 3 rings (SSSR count). The summed E-state index contributed by atoms with van der Waals surface area (Å²) in [6.07, 6.45) is 1.71. The van der Waals surface area contributed by atoms with Gasteiger partial charge in [-0.1, -0.05) is 11.3 Å². The number of hydrogen-bond donors (Lipinski definition) is 1. The Morgan fingerprint density at radius 1 is 1.54 bits per heavy atom. The lowest BCUT2D eigenvalue weighted by Crippen LogP contribution is -2.30. The molecule has 1 N–H and O–H groups in total. The Morgan fingerprint density at radius 3 is 3.38 bits per heavy atom. The number of furan rings is 1. The third kappa shape index (κ3) is 0.986. The maximum atomic E-state index is 5.36. The van der Waals surface area contributed by atoms with Crippen LogP contribution in [0.15, 0.2) is 28.2 Å². The van der Waals surface area contributed by atoms with E-state index >= 15 is 0 Å². The van der Waals surface area contributed by atoms with Crippen molar-refractivity contribution < 1.29 is 8.98 Å². The van der Waals surface area contributed by atoms with Gasteiger partial charge in [-0.3, -0.25) is 5.32 Å². The van der Waals surface area contributed by atoms with E-state index in [1.807, 2.05) is 12.1 Å². The van der Waals surface area contributed by atoms with Crippen molar-refractivity contribution in [1.29, 1.82) is 0 Å². The number of rotatable bonds is 1. The maximum absolute atomic E-state index is 5.36. The Hall–Kier alpha value is -1.29. The summed E-state index contributed by atoms with van der Waals surface area (Å²) in [6.45, 7) is 2.06. The molecule has 0 fully saturated rings. The zero-order valence-electron chi connectivity index (χ0n) is 6.99. The fourth-order valence-electron chi connectivity index (χ4n) is 1.60. The van der Waals surface area contributed by atoms with Crippen molar-refractivity contribution in [1.82, 2.24) is 0 Å². The van der Waals surface area contributed by atoms with Crippen molar-refractivity contribution in [2.45, 2.75) is 6.54 Å². The number of fused-ring (bicyclic) bond motifs is 1. The van der Waals surface area contributed by atoms with Gasteiger partial charge < -0.3 is 4.42 Å². The van der Waals surface area contributed by atoms with Gasteiger partial charge in [0.15, 0.2) is 11.5 Å². The molecular weight excluding hydrogens is 184 g/mol. The Kier molecular flexibility index (Phi) is 1.43. The van der Waals surface area contributed by atoms with Crippen LogP contribution >= 0.6 is 11.3 Å². The van der Waals surface area contributed by atoms with E-state index in [4.69, 9.17) is 4.42 Å². The first kappa shape index (κ1) is 7.15. The highest BCUT2D eigenvalue weighted by atomic mass is 32.1. The number of aromatic nitrogens is 1. The summed E-state index contributed by atoms with van der Waals surface area (Å²) in [7, 11) is 0. The van der Waals surface area contributed by atoms with E-state index in [1.54, 1.807) is 17.6 Å². The summed E-state index contributed by atoms with van der Waals surface area (Å²) in [6, 6.07) is 3.91. The first-order valence-corrected chi connectivity index (χ1v) is 5.12. The van der Waals surface area contributed by atoms with Gasteiger partial charge in [-0.2, -0.15) is 0 Å². The van der Waals surface area contributed by atoms with Crippen LogP contribution in [0.25, 0.3) is 11.5 Å². The molecule has 0 saturated heterocycles. The largest absolute Gasteiger partial charge is 0.460 e. The van der Waals surface area contributed by atoms with Gasteiger partial charge in [-0.25, -0.2) is 4.57 Å². The van der Waals surface area contributed by atoms with Crippen molar-refractivity contribution in [3.63, 3.8) is 0 Å². The molecule has 13 heavy (non-hydrogen) atoms. The van der Waals surface area contributed by atoms with E-state index < -0.39 is 0 Å². The fraction of sp³-hybridized carbons (Fsp3) is 0.222. The van der Waals surface area contributed by atoms with Gasteiger partial charge in [0.1, 0.15) is 13.1 Å². The van der Waals surface area contributed by atoms with Crippen LogP contribution in [-0.4, -0.2) is 6.54 Å². The van der Waals surface area contributed by atoms with Crippen LogP contribution in [0.1, 0.15) is 0 Å². The second-order valence-electron chi connectivity index (χ2n) is 2.98. The summed E-state index contributed by atoms with van der Waals surface area (Å²) in [5, 5.41) is 6.68. The molecule has 0 bridgehead atoms. The molecular formula is C9H9N2OS+. The molecule has 3 heterocycles. The van der Waals surface area contributed by atoms with Crippen molar-refractivity contribution in [3.05, 3.63) is 23.8 Å². The van der Waals surface area contributed by atoms with Crippen LogP contribution in [0.3, 0.4) is 0 Å². The predicted octanol–water partition coefficient (Wildman–Crippen LogP) is 1.72. The molecule has 0 radical (unpaired) electrons. The van der Waals surface area contributed by atoms with E-state index in [9.17, 15) is 0 Å². The Morgan fingerprint density at radius 2 is 2.54 bits per heavy atom. The molecule has 2 aromatic heterocycles. The molecule has 0 amide bonds. The van der Waals surface area contributed by atoms with Gasteiger partial charge in [0.05, 0.1) is 6.26 Å². The fourth-order valence-corrected chi connectivity index (χ4v) is 2.57. The minimum absolute atomic E-state index is 0.950. The minimum Gasteiger partial charge on any atom is -0.460 e. The number of nitrogens with one attached hydrogen (secondary N) is 1. The highest BCUT2D eigenvalue weighted by Gasteiger charge is 2.25. The second kappa shape index (κ2) is 2.60. The zero-order valence-corrected chi connectivity index (χ0v) is 7.80.